The number of piperidine rings is 1. The molecule has 3 heteroatoms. The highest BCUT2D eigenvalue weighted by molar-refractivity contribution is 5.04. The minimum Gasteiger partial charge on any atom is -0.378 e. The Morgan fingerprint density at radius 2 is 2.05 bits per heavy atom. The van der Waals surface area contributed by atoms with Crippen molar-refractivity contribution in [1.82, 2.24) is 10.2 Å². The Morgan fingerprint density at radius 3 is 2.58 bits per heavy atom. The van der Waals surface area contributed by atoms with Crippen LogP contribution in [0.4, 0.5) is 0 Å². The fraction of sp³-hybridized carbons (Fsp3) is 0.875. The summed E-state index contributed by atoms with van der Waals surface area (Å²) in [5.41, 5.74) is 0.286. The van der Waals surface area contributed by atoms with Crippen molar-refractivity contribution in [1.29, 1.82) is 0 Å². The molecule has 2 fully saturated rings. The molecule has 0 bridgehead atoms. The molecule has 110 valence electrons. The van der Waals surface area contributed by atoms with E-state index in [1.54, 1.807) is 0 Å². The molecule has 0 aromatic heterocycles. The van der Waals surface area contributed by atoms with Gasteiger partial charge in [0, 0.05) is 30.7 Å². The fourth-order valence-corrected chi connectivity index (χ4v) is 3.40. The van der Waals surface area contributed by atoms with E-state index in [0.29, 0.717) is 18.2 Å². The van der Waals surface area contributed by atoms with Crippen LogP contribution in [0.3, 0.4) is 0 Å². The summed E-state index contributed by atoms with van der Waals surface area (Å²) in [6, 6.07) is 1.31. The maximum absolute atomic E-state index is 5.80. The zero-order chi connectivity index (χ0) is 13.9. The Balaban J connectivity index is 1.73. The van der Waals surface area contributed by atoms with Gasteiger partial charge in [-0.1, -0.05) is 19.9 Å². The Hall–Kier alpha value is -0.380. The number of likely N-dealkylation sites (tertiary alicyclic amines) is 1. The number of nitrogens with zero attached hydrogens (tertiary/aromatic N) is 1. The van der Waals surface area contributed by atoms with Gasteiger partial charge in [0.25, 0.3) is 0 Å². The van der Waals surface area contributed by atoms with Crippen LogP contribution in [-0.4, -0.2) is 49.3 Å². The van der Waals surface area contributed by atoms with Crippen molar-refractivity contribution in [3.8, 4) is 0 Å². The van der Waals surface area contributed by atoms with Gasteiger partial charge in [-0.05, 0) is 39.3 Å². The summed E-state index contributed by atoms with van der Waals surface area (Å²) >= 11 is 0. The Kier molecular flexibility index (Phi) is 5.04. The smallest absolute Gasteiger partial charge is 0.0655 e. The Morgan fingerprint density at radius 1 is 1.37 bits per heavy atom. The van der Waals surface area contributed by atoms with Crippen LogP contribution < -0.4 is 5.32 Å². The summed E-state index contributed by atoms with van der Waals surface area (Å²) in [7, 11) is 0. The molecule has 2 rings (SSSR count). The van der Waals surface area contributed by atoms with E-state index in [1.165, 1.54) is 32.4 Å². The van der Waals surface area contributed by atoms with Crippen LogP contribution in [-0.2, 0) is 4.74 Å². The molecular weight excluding hydrogens is 236 g/mol. The van der Waals surface area contributed by atoms with E-state index in [9.17, 15) is 0 Å². The average molecular weight is 266 g/mol. The standard InChI is InChI=1S/C16H30N2O/c1-5-9-18-10-7-13(8-11-18)17-14-12-15(19-6-2)16(14,3)4/h5,13-15,17H,1,6-12H2,2-4H3/t14-,15-/m0/s1. The third kappa shape index (κ3) is 3.39. The predicted octanol–water partition coefficient (Wildman–Crippen LogP) is 2.43. The van der Waals surface area contributed by atoms with Gasteiger partial charge in [-0.25, -0.2) is 0 Å². The maximum Gasteiger partial charge on any atom is 0.0655 e. The van der Waals surface area contributed by atoms with Crippen molar-refractivity contribution in [3.63, 3.8) is 0 Å². The van der Waals surface area contributed by atoms with Gasteiger partial charge in [-0.3, -0.25) is 4.90 Å². The lowest BCUT2D eigenvalue weighted by Crippen LogP contribution is -2.63. The van der Waals surface area contributed by atoms with E-state index in [1.807, 2.05) is 6.08 Å². The van der Waals surface area contributed by atoms with Gasteiger partial charge in [-0.2, -0.15) is 0 Å². The topological polar surface area (TPSA) is 24.5 Å². The van der Waals surface area contributed by atoms with Crippen molar-refractivity contribution >= 4 is 0 Å². The molecule has 0 radical (unpaired) electrons. The molecule has 3 nitrogen and oxygen atoms in total. The minimum absolute atomic E-state index is 0.286. The number of nitrogens with one attached hydrogen (secondary N) is 1. The van der Waals surface area contributed by atoms with Crippen molar-refractivity contribution in [2.24, 2.45) is 5.41 Å². The number of hydrogen-bond donors (Lipinski definition) is 1. The average Bonchev–Trinajstić information content (AvgIpc) is 2.40. The number of ether oxygens (including phenoxy) is 1. The van der Waals surface area contributed by atoms with Crippen LogP contribution >= 0.6 is 0 Å². The zero-order valence-corrected chi connectivity index (χ0v) is 12.8. The molecule has 2 atom stereocenters. The van der Waals surface area contributed by atoms with Crippen LogP contribution in [0.1, 0.15) is 40.0 Å². The summed E-state index contributed by atoms with van der Waals surface area (Å²) in [4.78, 5) is 2.49. The molecule has 1 saturated carbocycles. The lowest BCUT2D eigenvalue weighted by atomic mass is 9.64. The summed E-state index contributed by atoms with van der Waals surface area (Å²) in [5.74, 6) is 0. The molecule has 2 aliphatic rings. The molecule has 1 saturated heterocycles. The second-order valence-corrected chi connectivity index (χ2v) is 6.58. The lowest BCUT2D eigenvalue weighted by molar-refractivity contribution is -0.117. The quantitative estimate of drug-likeness (QED) is 0.747. The lowest BCUT2D eigenvalue weighted by Gasteiger charge is -2.53. The second-order valence-electron chi connectivity index (χ2n) is 6.58. The molecule has 0 amide bonds. The van der Waals surface area contributed by atoms with Gasteiger partial charge < -0.3 is 10.1 Å². The number of hydrogen-bond acceptors (Lipinski definition) is 3. The van der Waals surface area contributed by atoms with Gasteiger partial charge in [0.2, 0.25) is 0 Å². The van der Waals surface area contributed by atoms with Crippen LogP contribution in [0.2, 0.25) is 0 Å². The van der Waals surface area contributed by atoms with Crippen molar-refractivity contribution in [3.05, 3.63) is 12.7 Å². The molecule has 1 heterocycles. The predicted molar refractivity (Wildman–Crippen MR) is 80.4 cm³/mol. The molecule has 19 heavy (non-hydrogen) atoms. The maximum atomic E-state index is 5.80. The third-order valence-electron chi connectivity index (χ3n) is 4.96. The van der Waals surface area contributed by atoms with Crippen LogP contribution in [0.5, 0.6) is 0 Å². The summed E-state index contributed by atoms with van der Waals surface area (Å²) < 4.78 is 5.80. The largest absolute Gasteiger partial charge is 0.378 e. The van der Waals surface area contributed by atoms with E-state index < -0.39 is 0 Å². The summed E-state index contributed by atoms with van der Waals surface area (Å²) in [6.07, 6.45) is 6.15. The van der Waals surface area contributed by atoms with Crippen LogP contribution in [0.15, 0.2) is 12.7 Å². The first-order valence-corrected chi connectivity index (χ1v) is 7.78. The first-order valence-electron chi connectivity index (χ1n) is 7.78. The normalized spacial score (nSPS) is 31.9. The monoisotopic (exact) mass is 266 g/mol. The molecule has 0 aromatic rings. The first kappa shape index (κ1) is 15.0. The molecule has 1 aliphatic heterocycles. The highest BCUT2D eigenvalue weighted by Gasteiger charge is 2.49. The van der Waals surface area contributed by atoms with Crippen molar-refractivity contribution in [2.45, 2.75) is 58.2 Å². The molecule has 0 unspecified atom stereocenters. The van der Waals surface area contributed by atoms with Gasteiger partial charge in [-0.15, -0.1) is 6.58 Å². The summed E-state index contributed by atoms with van der Waals surface area (Å²) in [6.45, 7) is 14.8. The van der Waals surface area contributed by atoms with Crippen LogP contribution in [0.25, 0.3) is 0 Å². The summed E-state index contributed by atoms with van der Waals surface area (Å²) in [5, 5.41) is 3.86. The third-order valence-corrected chi connectivity index (χ3v) is 4.96. The second kappa shape index (κ2) is 6.38. The fourth-order valence-electron chi connectivity index (χ4n) is 3.40. The van der Waals surface area contributed by atoms with E-state index in [2.05, 4.69) is 37.6 Å². The zero-order valence-electron chi connectivity index (χ0n) is 12.8. The van der Waals surface area contributed by atoms with Gasteiger partial charge in [0.05, 0.1) is 6.10 Å². The highest BCUT2D eigenvalue weighted by Crippen LogP contribution is 2.43. The molecule has 0 spiro atoms. The van der Waals surface area contributed by atoms with Gasteiger partial charge in [0.15, 0.2) is 0 Å². The van der Waals surface area contributed by atoms with Crippen molar-refractivity contribution in [2.75, 3.05) is 26.2 Å². The SMILES string of the molecule is C=CCN1CCC(N[C@H]2C[C@H](OCC)C2(C)C)CC1. The number of rotatable bonds is 6. The van der Waals surface area contributed by atoms with E-state index >= 15 is 0 Å². The first-order chi connectivity index (χ1) is 9.07. The van der Waals surface area contributed by atoms with E-state index in [-0.39, 0.29) is 5.41 Å². The van der Waals surface area contributed by atoms with Gasteiger partial charge >= 0.3 is 0 Å². The molecule has 1 N–H and O–H groups in total. The molecule has 1 aliphatic carbocycles. The van der Waals surface area contributed by atoms with E-state index in [4.69, 9.17) is 4.74 Å². The molecular formula is C16H30N2O. The van der Waals surface area contributed by atoms with Gasteiger partial charge in [0.1, 0.15) is 0 Å². The van der Waals surface area contributed by atoms with Crippen molar-refractivity contribution < 1.29 is 4.74 Å². The van der Waals surface area contributed by atoms with E-state index in [0.717, 1.165) is 13.2 Å². The van der Waals surface area contributed by atoms with Crippen LogP contribution in [0, 0.1) is 5.41 Å². The Labute approximate surface area is 118 Å². The Bertz CT molecular complexity index is 295. The highest BCUT2D eigenvalue weighted by atomic mass is 16.5. The minimum atomic E-state index is 0.286. The molecule has 0 aromatic carbocycles.